The maximum Gasteiger partial charge on any atom is 0.143 e. The minimum absolute atomic E-state index is 0.253. The first-order chi connectivity index (χ1) is 7.84. The van der Waals surface area contributed by atoms with Crippen molar-refractivity contribution < 1.29 is 5.11 Å². The van der Waals surface area contributed by atoms with Crippen molar-refractivity contribution >= 4 is 11.0 Å². The molecule has 4 heteroatoms. The predicted molar refractivity (Wildman–Crippen MR) is 62.6 cm³/mol. The summed E-state index contributed by atoms with van der Waals surface area (Å²) in [7, 11) is 0. The van der Waals surface area contributed by atoms with Crippen molar-refractivity contribution in [1.82, 2.24) is 15.3 Å². The number of para-hydroxylation sites is 1. The molecular weight excluding hydrogens is 202 g/mol. The van der Waals surface area contributed by atoms with Gasteiger partial charge in [-0.2, -0.15) is 0 Å². The summed E-state index contributed by atoms with van der Waals surface area (Å²) >= 11 is 0. The highest BCUT2D eigenvalue weighted by Crippen LogP contribution is 2.27. The molecule has 3 N–H and O–H groups in total. The highest BCUT2D eigenvalue weighted by atomic mass is 16.3. The third kappa shape index (κ3) is 1.55. The van der Waals surface area contributed by atoms with E-state index in [0.29, 0.717) is 11.4 Å². The van der Waals surface area contributed by atoms with Crippen LogP contribution in [0, 0.1) is 0 Å². The second-order valence-electron chi connectivity index (χ2n) is 4.34. The van der Waals surface area contributed by atoms with Gasteiger partial charge in [-0.15, -0.1) is 0 Å². The Morgan fingerprint density at radius 2 is 2.31 bits per heavy atom. The predicted octanol–water partition coefficient (Wildman–Crippen LogP) is 1.74. The molecule has 0 bridgehead atoms. The van der Waals surface area contributed by atoms with Crippen LogP contribution in [0.15, 0.2) is 18.2 Å². The van der Waals surface area contributed by atoms with Gasteiger partial charge in [0, 0.05) is 12.5 Å². The van der Waals surface area contributed by atoms with Gasteiger partial charge in [0.05, 0.1) is 5.52 Å². The van der Waals surface area contributed by atoms with Crippen LogP contribution in [0.4, 0.5) is 0 Å². The highest BCUT2D eigenvalue weighted by Gasteiger charge is 2.19. The Kier molecular flexibility index (Phi) is 2.29. The monoisotopic (exact) mass is 217 g/mol. The first-order valence-corrected chi connectivity index (χ1v) is 5.73. The average Bonchev–Trinajstić information content (AvgIpc) is 2.76. The van der Waals surface area contributed by atoms with Crippen LogP contribution in [-0.2, 0) is 0 Å². The summed E-state index contributed by atoms with van der Waals surface area (Å²) in [5, 5.41) is 13.1. The highest BCUT2D eigenvalue weighted by molar-refractivity contribution is 5.81. The molecule has 16 heavy (non-hydrogen) atoms. The number of hydrogen-bond donors (Lipinski definition) is 3. The molecule has 1 unspecified atom stereocenters. The maximum absolute atomic E-state index is 9.68. The molecule has 1 atom stereocenters. The van der Waals surface area contributed by atoms with Gasteiger partial charge in [0.2, 0.25) is 0 Å². The Hall–Kier alpha value is -1.55. The fraction of sp³-hybridized carbons (Fsp3) is 0.417. The minimum atomic E-state index is 0.253. The zero-order valence-electron chi connectivity index (χ0n) is 9.03. The summed E-state index contributed by atoms with van der Waals surface area (Å²) in [6.07, 6.45) is 2.35. The topological polar surface area (TPSA) is 60.9 Å². The lowest BCUT2D eigenvalue weighted by molar-refractivity contribution is 0.449. The lowest BCUT2D eigenvalue weighted by Crippen LogP contribution is -2.28. The number of fused-ring (bicyclic) bond motifs is 1. The molecule has 1 aromatic heterocycles. The Bertz CT molecular complexity index is 500. The van der Waals surface area contributed by atoms with Crippen LogP contribution < -0.4 is 5.32 Å². The van der Waals surface area contributed by atoms with Gasteiger partial charge >= 0.3 is 0 Å². The summed E-state index contributed by atoms with van der Waals surface area (Å²) in [6.45, 7) is 2.07. The van der Waals surface area contributed by atoms with Crippen LogP contribution >= 0.6 is 0 Å². The van der Waals surface area contributed by atoms with Crippen LogP contribution in [0.2, 0.25) is 0 Å². The molecule has 2 heterocycles. The Labute approximate surface area is 93.7 Å². The third-order valence-electron chi connectivity index (χ3n) is 3.19. The van der Waals surface area contributed by atoms with Gasteiger partial charge in [-0.3, -0.25) is 0 Å². The molecular formula is C12H15N3O. The quantitative estimate of drug-likeness (QED) is 0.681. The lowest BCUT2D eigenvalue weighted by atomic mass is 9.99. The van der Waals surface area contributed by atoms with E-state index in [1.54, 1.807) is 6.07 Å². The number of H-pyrrole nitrogens is 1. The van der Waals surface area contributed by atoms with E-state index in [-0.39, 0.29) is 5.75 Å². The van der Waals surface area contributed by atoms with Gasteiger partial charge in [0.1, 0.15) is 17.1 Å². The summed E-state index contributed by atoms with van der Waals surface area (Å²) in [5.41, 5.74) is 1.60. The molecule has 0 aliphatic carbocycles. The summed E-state index contributed by atoms with van der Waals surface area (Å²) in [5.74, 6) is 1.69. The number of rotatable bonds is 1. The van der Waals surface area contributed by atoms with E-state index in [4.69, 9.17) is 0 Å². The van der Waals surface area contributed by atoms with Gasteiger partial charge in [-0.25, -0.2) is 4.98 Å². The number of piperidine rings is 1. The largest absolute Gasteiger partial charge is 0.506 e. The number of aromatic amines is 1. The standard InChI is InChI=1S/C12H15N3O/c16-10-5-1-4-9-11(10)15-12(14-9)8-3-2-6-13-7-8/h1,4-5,8,13,16H,2-3,6-7H2,(H,14,15). The van der Waals surface area contributed by atoms with E-state index in [9.17, 15) is 5.11 Å². The Morgan fingerprint density at radius 3 is 3.06 bits per heavy atom. The maximum atomic E-state index is 9.68. The number of nitrogens with one attached hydrogen (secondary N) is 2. The number of aromatic hydroxyl groups is 1. The number of imidazole rings is 1. The molecule has 84 valence electrons. The fourth-order valence-electron chi connectivity index (χ4n) is 2.31. The van der Waals surface area contributed by atoms with Crippen LogP contribution in [-0.4, -0.2) is 28.2 Å². The molecule has 3 rings (SSSR count). The van der Waals surface area contributed by atoms with Gasteiger partial charge in [-0.1, -0.05) is 6.07 Å². The van der Waals surface area contributed by atoms with Crippen molar-refractivity contribution in [3.8, 4) is 5.75 Å². The molecule has 0 saturated carbocycles. The summed E-state index contributed by atoms with van der Waals surface area (Å²) in [4.78, 5) is 7.79. The average molecular weight is 217 g/mol. The molecule has 0 spiro atoms. The molecule has 1 saturated heterocycles. The zero-order valence-corrected chi connectivity index (χ0v) is 9.03. The molecule has 0 radical (unpaired) electrons. The number of phenolic OH excluding ortho intramolecular Hbond substituents is 1. The normalized spacial score (nSPS) is 21.4. The van der Waals surface area contributed by atoms with Crippen LogP contribution in [0.3, 0.4) is 0 Å². The van der Waals surface area contributed by atoms with E-state index in [0.717, 1.165) is 30.9 Å². The van der Waals surface area contributed by atoms with E-state index in [1.807, 2.05) is 12.1 Å². The first-order valence-electron chi connectivity index (χ1n) is 5.73. The number of aromatic nitrogens is 2. The number of hydrogen-bond acceptors (Lipinski definition) is 3. The summed E-state index contributed by atoms with van der Waals surface area (Å²) in [6, 6.07) is 5.45. The van der Waals surface area contributed by atoms with Crippen LogP contribution in [0.25, 0.3) is 11.0 Å². The summed E-state index contributed by atoms with van der Waals surface area (Å²) < 4.78 is 0. The zero-order chi connectivity index (χ0) is 11.0. The number of phenols is 1. The molecule has 1 fully saturated rings. The van der Waals surface area contributed by atoms with Crippen molar-refractivity contribution in [2.24, 2.45) is 0 Å². The SMILES string of the molecule is Oc1cccc2[nH]c(C3CCCNC3)nc12. The van der Waals surface area contributed by atoms with Crippen molar-refractivity contribution in [3.63, 3.8) is 0 Å². The number of nitrogens with zero attached hydrogens (tertiary/aromatic N) is 1. The first kappa shape index (κ1) is 9.66. The van der Waals surface area contributed by atoms with Gasteiger partial charge in [-0.05, 0) is 31.5 Å². The number of benzene rings is 1. The van der Waals surface area contributed by atoms with Crippen LogP contribution in [0.5, 0.6) is 5.75 Å². The van der Waals surface area contributed by atoms with E-state index in [2.05, 4.69) is 15.3 Å². The van der Waals surface area contributed by atoms with Gasteiger partial charge in [0.15, 0.2) is 0 Å². The smallest absolute Gasteiger partial charge is 0.143 e. The second-order valence-corrected chi connectivity index (χ2v) is 4.34. The van der Waals surface area contributed by atoms with E-state index in [1.165, 1.54) is 6.42 Å². The van der Waals surface area contributed by atoms with Gasteiger partial charge in [0.25, 0.3) is 0 Å². The van der Waals surface area contributed by atoms with Crippen molar-refractivity contribution in [1.29, 1.82) is 0 Å². The molecule has 2 aromatic rings. The molecule has 4 nitrogen and oxygen atoms in total. The Morgan fingerprint density at radius 1 is 1.38 bits per heavy atom. The molecule has 0 amide bonds. The Balaban J connectivity index is 2.01. The van der Waals surface area contributed by atoms with Crippen molar-refractivity contribution in [2.75, 3.05) is 13.1 Å². The van der Waals surface area contributed by atoms with Crippen molar-refractivity contribution in [2.45, 2.75) is 18.8 Å². The molecule has 1 aliphatic rings. The molecule has 1 aromatic carbocycles. The van der Waals surface area contributed by atoms with Crippen LogP contribution in [0.1, 0.15) is 24.6 Å². The minimum Gasteiger partial charge on any atom is -0.506 e. The lowest BCUT2D eigenvalue weighted by Gasteiger charge is -2.20. The van der Waals surface area contributed by atoms with E-state index < -0.39 is 0 Å². The van der Waals surface area contributed by atoms with E-state index >= 15 is 0 Å². The fourth-order valence-corrected chi connectivity index (χ4v) is 2.31. The van der Waals surface area contributed by atoms with Gasteiger partial charge < -0.3 is 15.4 Å². The van der Waals surface area contributed by atoms with Crippen molar-refractivity contribution in [3.05, 3.63) is 24.0 Å². The molecule has 1 aliphatic heterocycles. The second kappa shape index (κ2) is 3.79. The third-order valence-corrected chi connectivity index (χ3v) is 3.19.